The Labute approximate surface area is 123 Å². The second-order valence-electron chi connectivity index (χ2n) is 5.63. The fraction of sp³-hybridized carbons (Fsp3) is 0.786. The van der Waals surface area contributed by atoms with Gasteiger partial charge in [0.05, 0.1) is 23.0 Å². The molecule has 6 heteroatoms. The highest BCUT2D eigenvalue weighted by molar-refractivity contribution is 6.31. The number of halogens is 3. The van der Waals surface area contributed by atoms with Gasteiger partial charge in [-0.25, -0.2) is 8.78 Å². The molecule has 20 heavy (non-hydrogen) atoms. The highest BCUT2D eigenvalue weighted by Crippen LogP contribution is 2.42. The number of alkyl halides is 2. The fourth-order valence-corrected chi connectivity index (χ4v) is 3.24. The molecule has 2 rings (SSSR count). The molecular formula is C14H22ClF2N3. The summed E-state index contributed by atoms with van der Waals surface area (Å²) in [5.41, 5.74) is 0.912. The highest BCUT2D eigenvalue weighted by Gasteiger charge is 2.39. The number of rotatable bonds is 5. The standard InChI is InChI=1S/C14H22ClF2N3/c1-3-8-18-12(13-11(15)9-19-20(13)2)10-4-6-14(16,17)7-5-10/h9-10,12,18H,3-8H2,1-2H3. The molecule has 1 aromatic heterocycles. The van der Waals surface area contributed by atoms with Gasteiger partial charge in [-0.05, 0) is 31.7 Å². The van der Waals surface area contributed by atoms with Crippen LogP contribution in [0.2, 0.25) is 5.02 Å². The van der Waals surface area contributed by atoms with Crippen LogP contribution in [-0.4, -0.2) is 22.2 Å². The van der Waals surface area contributed by atoms with E-state index in [1.165, 1.54) is 0 Å². The molecular weight excluding hydrogens is 284 g/mol. The maximum Gasteiger partial charge on any atom is 0.248 e. The normalized spacial score (nSPS) is 21.1. The van der Waals surface area contributed by atoms with E-state index in [9.17, 15) is 8.78 Å². The first-order valence-corrected chi connectivity index (χ1v) is 7.61. The predicted octanol–water partition coefficient (Wildman–Crippen LogP) is 3.94. The Kier molecular flexibility index (Phi) is 5.02. The van der Waals surface area contributed by atoms with Gasteiger partial charge in [-0.15, -0.1) is 0 Å². The van der Waals surface area contributed by atoms with Crippen LogP contribution in [0.15, 0.2) is 6.20 Å². The van der Waals surface area contributed by atoms with Gasteiger partial charge in [-0.3, -0.25) is 4.68 Å². The molecule has 1 aromatic rings. The minimum absolute atomic E-state index is 0.00560. The Morgan fingerprint density at radius 2 is 2.15 bits per heavy atom. The number of aryl methyl sites for hydroxylation is 1. The molecule has 0 aliphatic heterocycles. The minimum atomic E-state index is -2.50. The van der Waals surface area contributed by atoms with Gasteiger partial charge in [0.25, 0.3) is 0 Å². The molecule has 1 aliphatic carbocycles. The lowest BCUT2D eigenvalue weighted by atomic mass is 9.81. The van der Waals surface area contributed by atoms with Crippen molar-refractivity contribution in [2.75, 3.05) is 6.54 Å². The molecule has 1 fully saturated rings. The molecule has 0 spiro atoms. The van der Waals surface area contributed by atoms with Gasteiger partial charge in [0.1, 0.15) is 0 Å². The summed E-state index contributed by atoms with van der Waals surface area (Å²) in [4.78, 5) is 0. The lowest BCUT2D eigenvalue weighted by molar-refractivity contribution is -0.0500. The van der Waals surface area contributed by atoms with E-state index in [1.54, 1.807) is 10.9 Å². The number of hydrogen-bond donors (Lipinski definition) is 1. The molecule has 1 aliphatic rings. The van der Waals surface area contributed by atoms with E-state index in [1.807, 2.05) is 7.05 Å². The summed E-state index contributed by atoms with van der Waals surface area (Å²) < 4.78 is 28.4. The first-order valence-electron chi connectivity index (χ1n) is 7.23. The Hall–Kier alpha value is -0.680. The zero-order valence-corrected chi connectivity index (χ0v) is 12.8. The van der Waals surface area contributed by atoms with Crippen LogP contribution in [0.3, 0.4) is 0 Å². The van der Waals surface area contributed by atoms with Crippen molar-refractivity contribution in [3.63, 3.8) is 0 Å². The Morgan fingerprint density at radius 3 is 2.65 bits per heavy atom. The van der Waals surface area contributed by atoms with E-state index in [4.69, 9.17) is 11.6 Å². The van der Waals surface area contributed by atoms with E-state index in [-0.39, 0.29) is 24.8 Å². The van der Waals surface area contributed by atoms with Gasteiger partial charge in [0.2, 0.25) is 5.92 Å². The van der Waals surface area contributed by atoms with E-state index < -0.39 is 5.92 Å². The second-order valence-corrected chi connectivity index (χ2v) is 6.03. The number of aromatic nitrogens is 2. The number of nitrogens with zero attached hydrogens (tertiary/aromatic N) is 2. The van der Waals surface area contributed by atoms with Gasteiger partial charge >= 0.3 is 0 Å². The summed E-state index contributed by atoms with van der Waals surface area (Å²) in [6, 6.07) is 0.00560. The monoisotopic (exact) mass is 305 g/mol. The lowest BCUT2D eigenvalue weighted by Gasteiger charge is -2.34. The van der Waals surface area contributed by atoms with Crippen molar-refractivity contribution in [1.82, 2.24) is 15.1 Å². The Morgan fingerprint density at radius 1 is 1.50 bits per heavy atom. The maximum absolute atomic E-state index is 13.3. The van der Waals surface area contributed by atoms with Crippen molar-refractivity contribution in [2.24, 2.45) is 13.0 Å². The molecule has 1 heterocycles. The molecule has 0 bridgehead atoms. The molecule has 1 N–H and O–H groups in total. The van der Waals surface area contributed by atoms with Crippen LogP contribution in [0.5, 0.6) is 0 Å². The quantitative estimate of drug-likeness (QED) is 0.893. The topological polar surface area (TPSA) is 29.9 Å². The summed E-state index contributed by atoms with van der Waals surface area (Å²) in [6.45, 7) is 2.93. The van der Waals surface area contributed by atoms with Crippen molar-refractivity contribution in [3.8, 4) is 0 Å². The van der Waals surface area contributed by atoms with Crippen molar-refractivity contribution in [1.29, 1.82) is 0 Å². The average molecular weight is 306 g/mol. The van der Waals surface area contributed by atoms with Crippen molar-refractivity contribution in [2.45, 2.75) is 51.0 Å². The zero-order chi connectivity index (χ0) is 14.8. The van der Waals surface area contributed by atoms with Crippen LogP contribution < -0.4 is 5.32 Å². The van der Waals surface area contributed by atoms with Gasteiger partial charge in [0.15, 0.2) is 0 Å². The smallest absolute Gasteiger partial charge is 0.248 e. The third kappa shape index (κ3) is 3.50. The van der Waals surface area contributed by atoms with Gasteiger partial charge < -0.3 is 5.32 Å². The fourth-order valence-electron chi connectivity index (χ4n) is 2.95. The Bertz CT molecular complexity index is 418. The number of nitrogens with one attached hydrogen (secondary N) is 1. The van der Waals surface area contributed by atoms with Crippen LogP contribution in [0.1, 0.15) is 50.8 Å². The molecule has 0 aromatic carbocycles. The first kappa shape index (κ1) is 15.7. The van der Waals surface area contributed by atoms with Crippen LogP contribution in [-0.2, 0) is 7.05 Å². The first-order chi connectivity index (χ1) is 9.44. The third-order valence-electron chi connectivity index (χ3n) is 4.08. The van der Waals surface area contributed by atoms with Gasteiger partial charge in [-0.1, -0.05) is 18.5 Å². The van der Waals surface area contributed by atoms with Gasteiger partial charge in [0, 0.05) is 19.9 Å². The van der Waals surface area contributed by atoms with E-state index >= 15 is 0 Å². The lowest BCUT2D eigenvalue weighted by Crippen LogP contribution is -2.35. The van der Waals surface area contributed by atoms with Crippen molar-refractivity contribution in [3.05, 3.63) is 16.9 Å². The summed E-state index contributed by atoms with van der Waals surface area (Å²) in [7, 11) is 1.85. The largest absolute Gasteiger partial charge is 0.308 e. The molecule has 1 unspecified atom stereocenters. The summed E-state index contributed by atoms with van der Waals surface area (Å²) in [6.07, 6.45) is 3.60. The van der Waals surface area contributed by atoms with Crippen LogP contribution in [0.25, 0.3) is 0 Å². The highest BCUT2D eigenvalue weighted by atomic mass is 35.5. The summed E-state index contributed by atoms with van der Waals surface area (Å²) >= 11 is 6.22. The minimum Gasteiger partial charge on any atom is -0.308 e. The predicted molar refractivity (Wildman–Crippen MR) is 76.2 cm³/mol. The van der Waals surface area contributed by atoms with Crippen LogP contribution >= 0.6 is 11.6 Å². The Balaban J connectivity index is 2.16. The van der Waals surface area contributed by atoms with E-state index in [0.717, 1.165) is 18.7 Å². The summed E-state index contributed by atoms with van der Waals surface area (Å²) in [5, 5.41) is 8.24. The molecule has 0 amide bonds. The second kappa shape index (κ2) is 6.39. The zero-order valence-electron chi connectivity index (χ0n) is 12.0. The maximum atomic E-state index is 13.3. The number of hydrogen-bond acceptors (Lipinski definition) is 2. The summed E-state index contributed by atoms with van der Waals surface area (Å²) in [5.74, 6) is -2.31. The molecule has 0 radical (unpaired) electrons. The molecule has 114 valence electrons. The third-order valence-corrected chi connectivity index (χ3v) is 4.37. The molecule has 0 saturated heterocycles. The molecule has 3 nitrogen and oxygen atoms in total. The average Bonchev–Trinajstić information content (AvgIpc) is 2.72. The van der Waals surface area contributed by atoms with Crippen molar-refractivity contribution < 1.29 is 8.78 Å². The van der Waals surface area contributed by atoms with Gasteiger partial charge in [-0.2, -0.15) is 5.10 Å². The molecule has 1 saturated carbocycles. The van der Waals surface area contributed by atoms with Crippen molar-refractivity contribution >= 4 is 11.6 Å². The van der Waals surface area contributed by atoms with Crippen LogP contribution in [0.4, 0.5) is 8.78 Å². The van der Waals surface area contributed by atoms with E-state index in [2.05, 4.69) is 17.3 Å². The van der Waals surface area contributed by atoms with E-state index in [0.29, 0.717) is 17.9 Å². The molecule has 1 atom stereocenters. The van der Waals surface area contributed by atoms with Crippen LogP contribution in [0, 0.1) is 5.92 Å². The SMILES string of the molecule is CCCNC(c1c(Cl)cnn1C)C1CCC(F)(F)CC1.